The smallest absolute Gasteiger partial charge is 0.319 e. The molecule has 270 valence electrons. The molecule has 2 aromatic heterocycles. The molecule has 1 aliphatic carbocycles. The van der Waals surface area contributed by atoms with Crippen molar-refractivity contribution in [2.45, 2.75) is 57.4 Å². The quantitative estimate of drug-likeness (QED) is 0.225. The normalized spacial score (nSPS) is 22.3. The van der Waals surface area contributed by atoms with Gasteiger partial charge in [0.05, 0.1) is 25.9 Å². The molecule has 0 amide bonds. The first-order valence-corrected chi connectivity index (χ1v) is 17.9. The zero-order valence-corrected chi connectivity index (χ0v) is 29.4. The zero-order chi connectivity index (χ0) is 35.5. The second-order valence-corrected chi connectivity index (χ2v) is 13.9. The summed E-state index contributed by atoms with van der Waals surface area (Å²) in [6.45, 7) is 5.72. The molecule has 51 heavy (non-hydrogen) atoms. The Labute approximate surface area is 297 Å². The maximum Gasteiger partial charge on any atom is 0.319 e. The van der Waals surface area contributed by atoms with Crippen molar-refractivity contribution in [3.05, 3.63) is 41.5 Å². The molecule has 0 spiro atoms. The molecule has 2 atom stereocenters. The number of hydrogen-bond acceptors (Lipinski definition) is 10. The van der Waals surface area contributed by atoms with Crippen molar-refractivity contribution in [2.75, 3.05) is 71.7 Å². The average molecular weight is 702 g/mol. The van der Waals surface area contributed by atoms with Crippen LogP contribution in [-0.4, -0.2) is 97.8 Å². The molecular weight excluding hydrogens is 656 g/mol. The third kappa shape index (κ3) is 6.87. The molecule has 1 saturated carbocycles. The van der Waals surface area contributed by atoms with Crippen molar-refractivity contribution < 1.29 is 32.8 Å². The van der Waals surface area contributed by atoms with Crippen LogP contribution < -0.4 is 14.4 Å². The fraction of sp³-hybridized carbons (Fsp3) is 0.513. The number of likely N-dealkylation sites (tertiary alicyclic amines) is 1. The standard InChI is InChI=1S/C35H37F2N5O4.C4H8O/c1-4-23-25(36)10-9-21-18-22(43)19-24(27(21)23)30-29(37)31-28(33(38-30)44-3)32(42-14-7-16-45-17-15-42)40-34(39-31)46-20-35-11-5-8-26(35)41(2)13-6-12-35;1-2-4-5-3-1/h1,9-10,18-19,26,43H,5-8,11-17,20H2,2-3H3;1-4H2. The first kappa shape index (κ1) is 35.1. The molecule has 0 bridgehead atoms. The Hall–Kier alpha value is -4.31. The average Bonchev–Trinajstić information content (AvgIpc) is 3.80. The Morgan fingerprint density at radius 1 is 0.961 bits per heavy atom. The Bertz CT molecular complexity index is 1930. The SMILES string of the molecule is C#Cc1c(F)ccc2cc(O)cc(-c3nc(OC)c4c(N5CCCOCC5)nc(OCC56CCCC5N(C)CCC6)nc4c3F)c12.C1CCOC1. The molecule has 3 saturated heterocycles. The lowest BCUT2D eigenvalue weighted by atomic mass is 9.76. The number of aromatic nitrogens is 3. The number of hydrogen-bond donors (Lipinski definition) is 1. The van der Waals surface area contributed by atoms with Crippen molar-refractivity contribution in [1.82, 2.24) is 19.9 Å². The van der Waals surface area contributed by atoms with E-state index in [0.29, 0.717) is 55.5 Å². The fourth-order valence-corrected chi connectivity index (χ4v) is 8.33. The second kappa shape index (κ2) is 15.1. The van der Waals surface area contributed by atoms with Crippen molar-refractivity contribution in [3.8, 4) is 41.2 Å². The highest BCUT2D eigenvalue weighted by Crippen LogP contribution is 2.48. The van der Waals surface area contributed by atoms with Crippen LogP contribution in [0.4, 0.5) is 14.6 Å². The number of phenolic OH excluding ortho intramolecular Hbond substituents is 1. The van der Waals surface area contributed by atoms with Crippen LogP contribution in [0.15, 0.2) is 24.3 Å². The van der Waals surface area contributed by atoms with Crippen LogP contribution in [0.1, 0.15) is 56.9 Å². The van der Waals surface area contributed by atoms with Gasteiger partial charge in [-0.1, -0.05) is 18.4 Å². The first-order chi connectivity index (χ1) is 24.8. The lowest BCUT2D eigenvalue weighted by molar-refractivity contribution is 0.0133. The van der Waals surface area contributed by atoms with E-state index in [4.69, 9.17) is 30.4 Å². The third-order valence-corrected chi connectivity index (χ3v) is 10.8. The summed E-state index contributed by atoms with van der Waals surface area (Å²) in [4.78, 5) is 18.5. The minimum atomic E-state index is -0.788. The molecule has 4 aromatic rings. The van der Waals surface area contributed by atoms with E-state index in [1.54, 1.807) is 0 Å². The summed E-state index contributed by atoms with van der Waals surface area (Å²) in [5, 5.41) is 11.6. The van der Waals surface area contributed by atoms with Crippen molar-refractivity contribution >= 4 is 27.5 Å². The van der Waals surface area contributed by atoms with Crippen molar-refractivity contribution in [3.63, 3.8) is 0 Å². The number of pyridine rings is 1. The summed E-state index contributed by atoms with van der Waals surface area (Å²) < 4.78 is 54.7. The number of halogens is 2. The number of terminal acetylenes is 1. The molecule has 4 fully saturated rings. The lowest BCUT2D eigenvalue weighted by Gasteiger charge is -2.44. The van der Waals surface area contributed by atoms with E-state index in [1.807, 2.05) is 4.90 Å². The van der Waals surface area contributed by atoms with Crippen LogP contribution >= 0.6 is 0 Å². The molecule has 4 aliphatic rings. The number of benzene rings is 2. The maximum atomic E-state index is 17.0. The summed E-state index contributed by atoms with van der Waals surface area (Å²) in [5.41, 5.74) is -0.206. The van der Waals surface area contributed by atoms with E-state index in [1.165, 1.54) is 44.2 Å². The van der Waals surface area contributed by atoms with Crippen LogP contribution in [-0.2, 0) is 9.47 Å². The van der Waals surface area contributed by atoms with Crippen LogP contribution in [0.25, 0.3) is 32.9 Å². The van der Waals surface area contributed by atoms with Gasteiger partial charge >= 0.3 is 6.01 Å². The zero-order valence-electron chi connectivity index (χ0n) is 29.4. The topological polar surface area (TPSA) is 102 Å². The number of methoxy groups -OCH3 is 1. The summed E-state index contributed by atoms with van der Waals surface area (Å²) in [5.74, 6) is 1.32. The van der Waals surface area contributed by atoms with E-state index in [9.17, 15) is 9.50 Å². The molecule has 12 heteroatoms. The maximum absolute atomic E-state index is 17.0. The Balaban J connectivity index is 0.000000749. The van der Waals surface area contributed by atoms with Gasteiger partial charge in [0.15, 0.2) is 5.82 Å². The van der Waals surface area contributed by atoms with Gasteiger partial charge in [-0.25, -0.2) is 13.8 Å². The summed E-state index contributed by atoms with van der Waals surface area (Å²) in [6, 6.07) is 5.96. The van der Waals surface area contributed by atoms with Crippen molar-refractivity contribution in [1.29, 1.82) is 0 Å². The summed E-state index contributed by atoms with van der Waals surface area (Å²) in [6.07, 6.45) is 14.5. The number of fused-ring (bicyclic) bond motifs is 3. The molecule has 3 aliphatic heterocycles. The number of nitrogens with zero attached hydrogens (tertiary/aromatic N) is 5. The lowest BCUT2D eigenvalue weighted by Crippen LogP contribution is -2.50. The number of rotatable bonds is 6. The van der Waals surface area contributed by atoms with Crippen LogP contribution in [0.3, 0.4) is 0 Å². The Morgan fingerprint density at radius 3 is 2.51 bits per heavy atom. The molecule has 1 N–H and O–H groups in total. The van der Waals surface area contributed by atoms with Crippen LogP contribution in [0.5, 0.6) is 17.6 Å². The Morgan fingerprint density at radius 2 is 1.75 bits per heavy atom. The van der Waals surface area contributed by atoms with Gasteiger partial charge in [0.1, 0.15) is 34.0 Å². The third-order valence-electron chi connectivity index (χ3n) is 10.8. The van der Waals surface area contributed by atoms with Crippen molar-refractivity contribution in [2.24, 2.45) is 5.41 Å². The van der Waals surface area contributed by atoms with Gasteiger partial charge in [0.2, 0.25) is 5.88 Å². The molecule has 10 nitrogen and oxygen atoms in total. The predicted octanol–water partition coefficient (Wildman–Crippen LogP) is 6.49. The fourth-order valence-electron chi connectivity index (χ4n) is 8.33. The van der Waals surface area contributed by atoms with E-state index in [-0.39, 0.29) is 50.8 Å². The number of anilines is 1. The number of phenols is 1. The molecule has 2 aromatic carbocycles. The molecule has 2 unspecified atom stereocenters. The number of piperidine rings is 1. The molecule has 0 radical (unpaired) electrons. The summed E-state index contributed by atoms with van der Waals surface area (Å²) >= 11 is 0. The van der Waals surface area contributed by atoms with Gasteiger partial charge in [0.25, 0.3) is 0 Å². The van der Waals surface area contributed by atoms with Gasteiger partial charge in [-0.3, -0.25) is 0 Å². The van der Waals surface area contributed by atoms with E-state index in [0.717, 1.165) is 58.3 Å². The highest BCUT2D eigenvalue weighted by atomic mass is 19.1. The van der Waals surface area contributed by atoms with Gasteiger partial charge < -0.3 is 33.9 Å². The molecule has 5 heterocycles. The predicted molar refractivity (Wildman–Crippen MR) is 191 cm³/mol. The van der Waals surface area contributed by atoms with Gasteiger partial charge in [0, 0.05) is 55.3 Å². The summed E-state index contributed by atoms with van der Waals surface area (Å²) in [7, 11) is 3.62. The Kier molecular flexibility index (Phi) is 10.4. The van der Waals surface area contributed by atoms with E-state index >= 15 is 4.39 Å². The highest BCUT2D eigenvalue weighted by Gasteiger charge is 2.47. The first-order valence-electron chi connectivity index (χ1n) is 17.9. The van der Waals surface area contributed by atoms with Crippen LogP contribution in [0.2, 0.25) is 0 Å². The van der Waals surface area contributed by atoms with E-state index in [2.05, 4.69) is 27.8 Å². The van der Waals surface area contributed by atoms with Gasteiger partial charge in [-0.2, -0.15) is 9.97 Å². The molecular formula is C39H45F2N5O5. The van der Waals surface area contributed by atoms with Gasteiger partial charge in [-0.15, -0.1) is 6.42 Å². The minimum absolute atomic E-state index is 0.0161. The largest absolute Gasteiger partial charge is 0.508 e. The minimum Gasteiger partial charge on any atom is -0.508 e. The van der Waals surface area contributed by atoms with Gasteiger partial charge in [-0.05, 0) is 82.1 Å². The number of ether oxygens (including phenoxy) is 4. The highest BCUT2D eigenvalue weighted by molar-refractivity contribution is 6.04. The van der Waals surface area contributed by atoms with E-state index < -0.39 is 11.6 Å². The monoisotopic (exact) mass is 701 g/mol. The number of aromatic hydroxyl groups is 1. The molecule has 8 rings (SSSR count). The second-order valence-electron chi connectivity index (χ2n) is 13.9. The van der Waals surface area contributed by atoms with Crippen LogP contribution in [0, 0.1) is 29.4 Å².